The van der Waals surface area contributed by atoms with Crippen LogP contribution in [0.2, 0.25) is 0 Å². The van der Waals surface area contributed by atoms with Gasteiger partial charge in [0.05, 0.1) is 19.3 Å². The summed E-state index contributed by atoms with van der Waals surface area (Å²) in [4.78, 5) is 28.5. The first-order valence-corrected chi connectivity index (χ1v) is 9.65. The highest BCUT2D eigenvalue weighted by atomic mass is 16.6. The Morgan fingerprint density at radius 2 is 1.77 bits per heavy atom. The molecule has 0 aromatic heterocycles. The van der Waals surface area contributed by atoms with Crippen molar-refractivity contribution in [2.24, 2.45) is 11.3 Å². The molecule has 1 aromatic rings. The van der Waals surface area contributed by atoms with E-state index in [-0.39, 0.29) is 19.3 Å². The Morgan fingerprint density at radius 3 is 2.35 bits per heavy atom. The van der Waals surface area contributed by atoms with E-state index in [1.54, 1.807) is 13.8 Å². The molecule has 1 aromatic carbocycles. The quantitative estimate of drug-likeness (QED) is 0.597. The fraction of sp³-hybridized carbons (Fsp3) is 0.619. The summed E-state index contributed by atoms with van der Waals surface area (Å²) in [6.45, 7) is 9.14. The van der Waals surface area contributed by atoms with E-state index in [0.717, 1.165) is 12.0 Å². The first-order valence-electron chi connectivity index (χ1n) is 9.65. The molecule has 0 aliphatic carbocycles. The first kappa shape index (κ1) is 18.9. The molecule has 1 saturated heterocycles. The van der Waals surface area contributed by atoms with Crippen LogP contribution < -0.4 is 0 Å². The number of hydrogen-bond donors (Lipinski definition) is 0. The molecule has 2 atom stereocenters. The van der Waals surface area contributed by atoms with Gasteiger partial charge in [-0.15, -0.1) is 0 Å². The van der Waals surface area contributed by atoms with E-state index in [0.29, 0.717) is 24.9 Å². The van der Waals surface area contributed by atoms with E-state index < -0.39 is 17.4 Å². The van der Waals surface area contributed by atoms with E-state index in [1.807, 2.05) is 18.2 Å². The van der Waals surface area contributed by atoms with Gasteiger partial charge in [0.15, 0.2) is 5.41 Å². The van der Waals surface area contributed by atoms with Crippen LogP contribution in [0.15, 0.2) is 24.3 Å². The molecular formula is C21H29NO4. The summed E-state index contributed by atoms with van der Waals surface area (Å²) in [5.74, 6) is -0.485. The van der Waals surface area contributed by atoms with Gasteiger partial charge in [-0.25, -0.2) is 0 Å². The van der Waals surface area contributed by atoms with Crippen molar-refractivity contribution in [3.8, 4) is 0 Å². The standard InChI is InChI=1S/C21H29NO4/c1-5-25-19(23)21(20(24)26-6-2)11-12-22-17(14(3)4)13-15-9-7-8-10-16(15)18(21)22/h7-10,14,17-18H,5-6,11-13H2,1-4H3/t17-,18-/m0/s1. The van der Waals surface area contributed by atoms with Crippen molar-refractivity contribution in [2.75, 3.05) is 19.8 Å². The lowest BCUT2D eigenvalue weighted by atomic mass is 9.72. The number of benzene rings is 1. The normalized spacial score (nSPS) is 24.0. The van der Waals surface area contributed by atoms with Crippen molar-refractivity contribution in [3.63, 3.8) is 0 Å². The van der Waals surface area contributed by atoms with Gasteiger partial charge in [0, 0.05) is 12.6 Å². The summed E-state index contributed by atoms with van der Waals surface area (Å²) in [7, 11) is 0. The van der Waals surface area contributed by atoms with Crippen LogP contribution in [-0.4, -0.2) is 42.6 Å². The number of nitrogens with zero attached hydrogens (tertiary/aromatic N) is 1. The van der Waals surface area contributed by atoms with Gasteiger partial charge in [-0.1, -0.05) is 38.1 Å². The molecule has 26 heavy (non-hydrogen) atoms. The van der Waals surface area contributed by atoms with Gasteiger partial charge in [0.2, 0.25) is 0 Å². The van der Waals surface area contributed by atoms with Crippen molar-refractivity contribution in [1.82, 2.24) is 4.90 Å². The lowest BCUT2D eigenvalue weighted by molar-refractivity contribution is -0.175. The summed E-state index contributed by atoms with van der Waals surface area (Å²) in [5, 5.41) is 0. The molecule has 2 aliphatic rings. The van der Waals surface area contributed by atoms with Crippen LogP contribution in [0.4, 0.5) is 0 Å². The molecule has 3 rings (SSSR count). The highest BCUT2D eigenvalue weighted by Crippen LogP contribution is 2.53. The molecule has 0 bridgehead atoms. The smallest absolute Gasteiger partial charge is 0.325 e. The summed E-state index contributed by atoms with van der Waals surface area (Å²) in [6.07, 6.45) is 1.37. The molecule has 1 fully saturated rings. The second-order valence-corrected chi connectivity index (χ2v) is 7.52. The number of ether oxygens (including phenoxy) is 2. The maximum Gasteiger partial charge on any atom is 0.325 e. The van der Waals surface area contributed by atoms with E-state index in [4.69, 9.17) is 9.47 Å². The number of carbonyl (C=O) groups excluding carboxylic acids is 2. The van der Waals surface area contributed by atoms with Crippen molar-refractivity contribution in [2.45, 2.75) is 52.6 Å². The number of fused-ring (bicyclic) bond motifs is 3. The van der Waals surface area contributed by atoms with Gasteiger partial charge >= 0.3 is 11.9 Å². The Balaban J connectivity index is 2.15. The zero-order chi connectivity index (χ0) is 18.9. The largest absolute Gasteiger partial charge is 0.465 e. The predicted molar refractivity (Wildman–Crippen MR) is 98.5 cm³/mol. The van der Waals surface area contributed by atoms with Crippen LogP contribution >= 0.6 is 0 Å². The molecule has 5 heteroatoms. The molecule has 0 amide bonds. The van der Waals surface area contributed by atoms with Crippen molar-refractivity contribution < 1.29 is 19.1 Å². The second kappa shape index (κ2) is 7.39. The molecular weight excluding hydrogens is 330 g/mol. The topological polar surface area (TPSA) is 55.8 Å². The fourth-order valence-corrected chi connectivity index (χ4v) is 4.63. The predicted octanol–water partition coefficient (Wildman–Crippen LogP) is 3.13. The molecule has 0 saturated carbocycles. The van der Waals surface area contributed by atoms with E-state index in [2.05, 4.69) is 24.8 Å². The van der Waals surface area contributed by atoms with Gasteiger partial charge in [0.25, 0.3) is 0 Å². The number of carbonyl (C=O) groups is 2. The molecule has 2 heterocycles. The Morgan fingerprint density at radius 1 is 1.15 bits per heavy atom. The third-order valence-electron chi connectivity index (χ3n) is 5.82. The second-order valence-electron chi connectivity index (χ2n) is 7.52. The van der Waals surface area contributed by atoms with Crippen molar-refractivity contribution >= 4 is 11.9 Å². The number of esters is 2. The summed E-state index contributed by atoms with van der Waals surface area (Å²) < 4.78 is 10.8. The van der Waals surface area contributed by atoms with E-state index in [1.165, 1.54) is 5.56 Å². The zero-order valence-electron chi connectivity index (χ0n) is 16.2. The summed E-state index contributed by atoms with van der Waals surface area (Å²) in [6, 6.07) is 8.13. The minimum Gasteiger partial charge on any atom is -0.465 e. The lowest BCUT2D eigenvalue weighted by Gasteiger charge is -2.44. The highest BCUT2D eigenvalue weighted by Gasteiger charge is 2.63. The van der Waals surface area contributed by atoms with Gasteiger partial charge in [-0.05, 0) is 43.7 Å². The minimum atomic E-state index is -1.28. The zero-order valence-corrected chi connectivity index (χ0v) is 16.2. The van der Waals surface area contributed by atoms with Gasteiger partial charge < -0.3 is 9.47 Å². The fourth-order valence-electron chi connectivity index (χ4n) is 4.63. The third-order valence-corrected chi connectivity index (χ3v) is 5.82. The van der Waals surface area contributed by atoms with E-state index >= 15 is 0 Å². The molecule has 0 N–H and O–H groups in total. The molecule has 0 spiro atoms. The Labute approximate surface area is 155 Å². The molecule has 2 aliphatic heterocycles. The number of rotatable bonds is 5. The van der Waals surface area contributed by atoms with Crippen LogP contribution in [0.1, 0.15) is 51.3 Å². The van der Waals surface area contributed by atoms with Crippen LogP contribution in [-0.2, 0) is 25.5 Å². The molecule has 0 radical (unpaired) electrons. The van der Waals surface area contributed by atoms with Gasteiger partial charge in [-0.3, -0.25) is 14.5 Å². The molecule has 5 nitrogen and oxygen atoms in total. The first-order chi connectivity index (χ1) is 12.5. The van der Waals surface area contributed by atoms with Gasteiger partial charge in [-0.2, -0.15) is 0 Å². The Hall–Kier alpha value is -1.88. The van der Waals surface area contributed by atoms with Crippen LogP contribution in [0, 0.1) is 11.3 Å². The molecule has 142 valence electrons. The van der Waals surface area contributed by atoms with Crippen LogP contribution in [0.5, 0.6) is 0 Å². The number of hydrogen-bond acceptors (Lipinski definition) is 5. The van der Waals surface area contributed by atoms with Crippen LogP contribution in [0.25, 0.3) is 0 Å². The maximum atomic E-state index is 13.1. The Bertz CT molecular complexity index is 666. The maximum absolute atomic E-state index is 13.1. The SMILES string of the molecule is CCOC(=O)C1(C(=O)OCC)CCN2[C@H]1c1ccccc1C[C@H]2C(C)C. The monoisotopic (exact) mass is 359 g/mol. The van der Waals surface area contributed by atoms with Crippen molar-refractivity contribution in [3.05, 3.63) is 35.4 Å². The third kappa shape index (κ3) is 2.82. The Kier molecular flexibility index (Phi) is 5.37. The highest BCUT2D eigenvalue weighted by molar-refractivity contribution is 6.01. The minimum absolute atomic E-state index is 0.252. The van der Waals surface area contributed by atoms with Crippen molar-refractivity contribution in [1.29, 1.82) is 0 Å². The van der Waals surface area contributed by atoms with Crippen LogP contribution in [0.3, 0.4) is 0 Å². The van der Waals surface area contributed by atoms with E-state index in [9.17, 15) is 9.59 Å². The summed E-state index contributed by atoms with van der Waals surface area (Å²) in [5.41, 5.74) is 0.991. The van der Waals surface area contributed by atoms with Gasteiger partial charge in [0.1, 0.15) is 0 Å². The lowest BCUT2D eigenvalue weighted by Crippen LogP contribution is -2.51. The summed E-state index contributed by atoms with van der Waals surface area (Å²) >= 11 is 0. The molecule has 0 unspecified atom stereocenters. The average molecular weight is 359 g/mol. The average Bonchev–Trinajstić information content (AvgIpc) is 3.03.